The molecule has 2 saturated carbocycles. The molecule has 16 heteroatoms. The summed E-state index contributed by atoms with van der Waals surface area (Å²) in [5.41, 5.74) is -4.48. The van der Waals surface area contributed by atoms with E-state index in [0.29, 0.717) is 16.7 Å². The van der Waals surface area contributed by atoms with Gasteiger partial charge in [-0.15, -0.1) is 0 Å². The van der Waals surface area contributed by atoms with E-state index in [1.54, 1.807) is 51.1 Å². The van der Waals surface area contributed by atoms with Crippen molar-refractivity contribution >= 4 is 33.5 Å². The first kappa shape index (κ1) is 39.5. The average molecular weight is 764 g/mol. The van der Waals surface area contributed by atoms with Gasteiger partial charge < -0.3 is 30.5 Å². The number of carbonyl (C=O) groups excluding carboxylic acids is 2. The Morgan fingerprint density at radius 3 is 2.28 bits per heavy atom. The number of nitrogens with one attached hydrogen (secondary N) is 3. The van der Waals surface area contributed by atoms with Crippen molar-refractivity contribution in [1.29, 1.82) is 0 Å². The molecule has 5 atom stereocenters. The monoisotopic (exact) mass is 763 g/mol. The highest BCUT2D eigenvalue weighted by molar-refractivity contribution is 7.92. The van der Waals surface area contributed by atoms with E-state index < -0.39 is 61.6 Å². The number of rotatable bonds is 12. The van der Waals surface area contributed by atoms with Crippen molar-refractivity contribution in [3.8, 4) is 16.9 Å². The number of hydrogen-bond acceptors (Lipinski definition) is 8. The predicted octanol–water partition coefficient (Wildman–Crippen LogP) is 6.46. The van der Waals surface area contributed by atoms with Crippen LogP contribution >= 0.6 is 0 Å². The quantitative estimate of drug-likeness (QED) is 0.152. The smallest absolute Gasteiger partial charge is 0.496 e. The van der Waals surface area contributed by atoms with Gasteiger partial charge >= 0.3 is 17.6 Å². The van der Waals surface area contributed by atoms with Crippen molar-refractivity contribution in [2.75, 3.05) is 12.4 Å². The third kappa shape index (κ3) is 9.10. The second-order valence-electron chi connectivity index (χ2n) is 14.3. The fourth-order valence-electron chi connectivity index (χ4n) is 7.15. The maximum Gasteiger partial charge on any atom is 0.501 e. The number of halogens is 4. The molecule has 2 amide bonds. The van der Waals surface area contributed by atoms with E-state index in [1.807, 2.05) is 0 Å². The molecule has 0 unspecified atom stereocenters. The molecule has 2 bridgehead atoms. The minimum atomic E-state index is -5.61. The molecular weight excluding hydrogens is 722 g/mol. The molecule has 3 aromatic rings. The van der Waals surface area contributed by atoms with Gasteiger partial charge in [-0.3, -0.25) is 4.79 Å². The van der Waals surface area contributed by atoms with Crippen molar-refractivity contribution in [2.24, 2.45) is 17.8 Å². The summed E-state index contributed by atoms with van der Waals surface area (Å²) < 4.78 is 89.3. The number of alkyl carbamates (subject to hydrolysis) is 1. The Hall–Kier alpha value is -4.70. The highest BCUT2D eigenvalue weighted by Gasteiger charge is 2.51. The number of aliphatic carboxylic acids is 1. The lowest BCUT2D eigenvalue weighted by Gasteiger charge is -2.31. The van der Waals surface area contributed by atoms with Crippen LogP contribution in [0.15, 0.2) is 65.6 Å². The minimum absolute atomic E-state index is 0.00356. The zero-order chi connectivity index (χ0) is 38.9. The Morgan fingerprint density at radius 1 is 0.981 bits per heavy atom. The highest BCUT2D eigenvalue weighted by atomic mass is 32.2. The SMILES string of the molecule is COc1cc(F)c(-c2ccc(C[C@@H](NC(=O)OC(C)(C)C)C(=O)O)cc2)cc1CN[C@@H]1[C@H]2CC[C@H](C2)[C@@H]1C(=O)Nc1cccc(S(=O)(=O)C(F)(F)F)c1. The van der Waals surface area contributed by atoms with Crippen LogP contribution in [-0.2, 0) is 37.1 Å². The fraction of sp³-hybridized carbons (Fsp3) is 0.432. The molecule has 3 aromatic carbocycles. The van der Waals surface area contributed by atoms with Crippen LogP contribution in [0.5, 0.6) is 5.75 Å². The van der Waals surface area contributed by atoms with E-state index in [1.165, 1.54) is 19.2 Å². The molecule has 4 N–H and O–H groups in total. The number of fused-ring (bicyclic) bond motifs is 2. The number of methoxy groups -OCH3 is 1. The maximum atomic E-state index is 15.4. The van der Waals surface area contributed by atoms with Crippen molar-refractivity contribution in [1.82, 2.24) is 10.6 Å². The Bertz CT molecular complexity index is 1970. The Balaban J connectivity index is 1.30. The number of anilines is 1. The van der Waals surface area contributed by atoms with Crippen LogP contribution in [-0.4, -0.2) is 61.8 Å². The van der Waals surface area contributed by atoms with Gasteiger partial charge in [0.15, 0.2) is 0 Å². The summed E-state index contributed by atoms with van der Waals surface area (Å²) in [7, 11) is -4.21. The Morgan fingerprint density at radius 2 is 1.66 bits per heavy atom. The van der Waals surface area contributed by atoms with E-state index >= 15 is 4.39 Å². The topological polar surface area (TPSA) is 160 Å². The zero-order valence-corrected chi connectivity index (χ0v) is 30.2. The van der Waals surface area contributed by atoms with Gasteiger partial charge in [-0.1, -0.05) is 30.3 Å². The van der Waals surface area contributed by atoms with Crippen molar-refractivity contribution in [3.05, 3.63) is 77.6 Å². The number of hydrogen-bond donors (Lipinski definition) is 4. The first-order valence-corrected chi connectivity index (χ1v) is 18.4. The van der Waals surface area contributed by atoms with E-state index in [0.717, 1.165) is 37.5 Å². The Kier molecular flexibility index (Phi) is 11.4. The van der Waals surface area contributed by atoms with E-state index in [-0.39, 0.29) is 47.8 Å². The van der Waals surface area contributed by atoms with Gasteiger partial charge in [-0.05, 0) is 87.3 Å². The van der Waals surface area contributed by atoms with E-state index in [9.17, 15) is 41.1 Å². The summed E-state index contributed by atoms with van der Waals surface area (Å²) in [4.78, 5) is 36.6. The van der Waals surface area contributed by atoms with Gasteiger partial charge in [0.1, 0.15) is 23.2 Å². The number of amides is 2. The lowest BCUT2D eigenvalue weighted by atomic mass is 9.83. The number of benzene rings is 3. The normalized spacial score (nSPS) is 20.5. The van der Waals surface area contributed by atoms with Crippen LogP contribution in [0.25, 0.3) is 11.1 Å². The molecular formula is C37H41F4N3O8S. The molecule has 0 aliphatic heterocycles. The lowest BCUT2D eigenvalue weighted by molar-refractivity contribution is -0.139. The first-order valence-electron chi connectivity index (χ1n) is 16.9. The summed E-state index contributed by atoms with van der Waals surface area (Å²) in [5, 5.41) is 18.1. The van der Waals surface area contributed by atoms with Crippen LogP contribution in [0.4, 0.5) is 28.0 Å². The lowest BCUT2D eigenvalue weighted by Crippen LogP contribution is -2.45. The summed E-state index contributed by atoms with van der Waals surface area (Å²) in [6, 6.07) is 11.9. The molecule has 0 heterocycles. The van der Waals surface area contributed by atoms with Crippen LogP contribution in [0.1, 0.15) is 51.2 Å². The van der Waals surface area contributed by atoms with Gasteiger partial charge in [0.25, 0.3) is 9.84 Å². The van der Waals surface area contributed by atoms with E-state index in [2.05, 4.69) is 16.0 Å². The van der Waals surface area contributed by atoms with Crippen molar-refractivity contribution in [2.45, 2.75) is 81.1 Å². The predicted molar refractivity (Wildman–Crippen MR) is 186 cm³/mol. The summed E-state index contributed by atoms with van der Waals surface area (Å²) >= 11 is 0. The van der Waals surface area contributed by atoms with Gasteiger partial charge in [0.05, 0.1) is 17.9 Å². The molecule has 0 spiro atoms. The summed E-state index contributed by atoms with van der Waals surface area (Å²) in [6.07, 6.45) is 1.48. The van der Waals surface area contributed by atoms with E-state index in [4.69, 9.17) is 9.47 Å². The maximum absolute atomic E-state index is 15.4. The first-order chi connectivity index (χ1) is 24.8. The standard InChI is InChI=1S/C37H41F4N3O8S/c1-36(2,3)52-35(48)44-29(34(46)47)14-20-8-10-21(11-9-20)27-16-24(30(51-4)18-28(27)38)19-42-32-23-13-12-22(15-23)31(32)33(45)43-25-6-5-7-26(17-25)53(49,50)37(39,40)41/h5-11,16-18,22-23,29,31-32,42H,12-15,19H2,1-4H3,(H,43,45)(H,44,48)(H,46,47)/t22-,23+,29-,31+,32-/m1/s1. The molecule has 11 nitrogen and oxygen atoms in total. The molecule has 0 saturated heterocycles. The van der Waals surface area contributed by atoms with Gasteiger partial charge in [-0.25, -0.2) is 22.4 Å². The number of carbonyl (C=O) groups is 3. The van der Waals surface area contributed by atoms with Crippen LogP contribution < -0.4 is 20.7 Å². The van der Waals surface area contributed by atoms with Crippen LogP contribution in [0.2, 0.25) is 0 Å². The Labute approximate surface area is 304 Å². The third-order valence-corrected chi connectivity index (χ3v) is 11.0. The summed E-state index contributed by atoms with van der Waals surface area (Å²) in [6.45, 7) is 5.15. The summed E-state index contributed by atoms with van der Waals surface area (Å²) in [5.74, 6) is -2.43. The average Bonchev–Trinajstić information content (AvgIpc) is 3.68. The molecule has 5 rings (SSSR count). The number of alkyl halides is 3. The van der Waals surface area contributed by atoms with Gasteiger partial charge in [0.2, 0.25) is 5.91 Å². The molecule has 0 aromatic heterocycles. The molecule has 2 aliphatic rings. The van der Waals surface area contributed by atoms with Crippen LogP contribution in [0, 0.1) is 23.6 Å². The number of carboxylic acid groups (broad SMARTS) is 1. The second-order valence-corrected chi connectivity index (χ2v) is 16.3. The number of sulfone groups is 1. The van der Waals surface area contributed by atoms with Crippen molar-refractivity contribution < 1.29 is 54.9 Å². The molecule has 2 aliphatic carbocycles. The molecule has 53 heavy (non-hydrogen) atoms. The second kappa shape index (κ2) is 15.3. The minimum Gasteiger partial charge on any atom is -0.496 e. The molecule has 0 radical (unpaired) electrons. The zero-order valence-electron chi connectivity index (χ0n) is 29.4. The fourth-order valence-corrected chi connectivity index (χ4v) is 7.95. The molecule has 286 valence electrons. The largest absolute Gasteiger partial charge is 0.501 e. The number of carboxylic acids is 1. The van der Waals surface area contributed by atoms with Crippen molar-refractivity contribution in [3.63, 3.8) is 0 Å². The highest BCUT2D eigenvalue weighted by Crippen LogP contribution is 2.49. The number of ether oxygens (including phenoxy) is 2. The molecule has 2 fully saturated rings. The van der Waals surface area contributed by atoms with Gasteiger partial charge in [0, 0.05) is 41.9 Å². The van der Waals surface area contributed by atoms with Gasteiger partial charge in [-0.2, -0.15) is 13.2 Å². The van der Waals surface area contributed by atoms with Crippen LogP contribution in [0.3, 0.4) is 0 Å². The third-order valence-electron chi connectivity index (χ3n) is 9.53.